The Morgan fingerprint density at radius 2 is 1.93 bits per heavy atom. The molecular weight excluding hydrogens is 382 g/mol. The summed E-state index contributed by atoms with van der Waals surface area (Å²) in [5.41, 5.74) is 10.7. The molecule has 0 atom stereocenters. The van der Waals surface area contributed by atoms with Gasteiger partial charge in [0.15, 0.2) is 4.96 Å². The lowest BCUT2D eigenvalue weighted by atomic mass is 10.1. The first-order valence-electron chi connectivity index (χ1n) is 9.39. The number of benzene rings is 1. The molecule has 0 aliphatic carbocycles. The first-order chi connectivity index (χ1) is 13.9. The number of amides is 1. The highest BCUT2D eigenvalue weighted by Crippen LogP contribution is 2.22. The monoisotopic (exact) mass is 405 g/mol. The summed E-state index contributed by atoms with van der Waals surface area (Å²) in [5, 5.41) is 6.10. The Hall–Kier alpha value is -3.19. The molecule has 0 saturated carbocycles. The highest BCUT2D eigenvalue weighted by atomic mass is 32.1. The van der Waals surface area contributed by atoms with Gasteiger partial charge in [0.2, 0.25) is 0 Å². The van der Waals surface area contributed by atoms with Crippen molar-refractivity contribution in [2.45, 2.75) is 34.6 Å². The van der Waals surface area contributed by atoms with Crippen LogP contribution < -0.4 is 5.43 Å². The molecule has 4 rings (SSSR count). The maximum atomic E-state index is 12.6. The van der Waals surface area contributed by atoms with Gasteiger partial charge < -0.3 is 4.57 Å². The minimum Gasteiger partial charge on any atom is -0.318 e. The Morgan fingerprint density at radius 3 is 2.69 bits per heavy atom. The normalized spacial score (nSPS) is 11.6. The van der Waals surface area contributed by atoms with Gasteiger partial charge in [0.25, 0.3) is 5.91 Å². The zero-order valence-corrected chi connectivity index (χ0v) is 18.0. The highest BCUT2D eigenvalue weighted by Gasteiger charge is 2.17. The summed E-state index contributed by atoms with van der Waals surface area (Å²) in [5.74, 6) is -0.271. The molecule has 148 valence electrons. The molecule has 1 aromatic carbocycles. The van der Waals surface area contributed by atoms with Crippen molar-refractivity contribution in [2.75, 3.05) is 0 Å². The molecule has 1 amide bonds. The summed E-state index contributed by atoms with van der Waals surface area (Å²) in [6, 6.07) is 8.52. The van der Waals surface area contributed by atoms with Crippen molar-refractivity contribution in [1.29, 1.82) is 0 Å². The number of fused-ring (bicyclic) bond motifs is 1. The molecule has 3 heterocycles. The second-order valence-corrected chi connectivity index (χ2v) is 8.10. The number of aromatic nitrogens is 3. The van der Waals surface area contributed by atoms with Gasteiger partial charge in [-0.15, -0.1) is 11.3 Å². The predicted octanol–water partition coefficient (Wildman–Crippen LogP) is 4.49. The number of hydrogen-bond donors (Lipinski definition) is 1. The van der Waals surface area contributed by atoms with Gasteiger partial charge in [-0.2, -0.15) is 5.10 Å². The van der Waals surface area contributed by atoms with E-state index in [1.54, 1.807) is 10.6 Å². The molecular formula is C22H23N5OS. The van der Waals surface area contributed by atoms with Crippen LogP contribution in [0.1, 0.15) is 44.3 Å². The minimum absolute atomic E-state index is 0.271. The fourth-order valence-electron chi connectivity index (χ4n) is 3.56. The third-order valence-corrected chi connectivity index (χ3v) is 6.00. The van der Waals surface area contributed by atoms with Gasteiger partial charge in [0.05, 0.1) is 11.9 Å². The Morgan fingerprint density at radius 1 is 1.14 bits per heavy atom. The van der Waals surface area contributed by atoms with Gasteiger partial charge in [-0.1, -0.05) is 6.07 Å². The first kappa shape index (κ1) is 19.1. The quantitative estimate of drug-likeness (QED) is 0.402. The van der Waals surface area contributed by atoms with E-state index in [0.29, 0.717) is 11.4 Å². The lowest BCUT2D eigenvalue weighted by Gasteiger charge is -2.11. The molecule has 29 heavy (non-hydrogen) atoms. The molecule has 0 aliphatic rings. The number of hydrogen-bond acceptors (Lipinski definition) is 4. The topological polar surface area (TPSA) is 63.7 Å². The van der Waals surface area contributed by atoms with Crippen LogP contribution in [0.15, 0.2) is 40.9 Å². The number of carbonyl (C=O) groups excluding carboxylic acids is 1. The first-order valence-corrected chi connectivity index (χ1v) is 10.3. The number of nitrogens with one attached hydrogen (secondary N) is 1. The van der Waals surface area contributed by atoms with Crippen LogP contribution in [-0.2, 0) is 0 Å². The molecule has 0 radical (unpaired) electrons. The number of nitrogens with zero attached hydrogens (tertiary/aromatic N) is 4. The van der Waals surface area contributed by atoms with E-state index in [4.69, 9.17) is 0 Å². The molecule has 7 heteroatoms. The summed E-state index contributed by atoms with van der Waals surface area (Å²) in [6.45, 7) is 10.2. The van der Waals surface area contributed by atoms with Crippen LogP contribution in [0.5, 0.6) is 0 Å². The summed E-state index contributed by atoms with van der Waals surface area (Å²) in [6.07, 6.45) is 3.54. The Labute approximate surface area is 173 Å². The van der Waals surface area contributed by atoms with Gasteiger partial charge in [0.1, 0.15) is 5.69 Å². The van der Waals surface area contributed by atoms with Crippen LogP contribution >= 0.6 is 11.3 Å². The average Bonchev–Trinajstić information content (AvgIpc) is 3.31. The van der Waals surface area contributed by atoms with Gasteiger partial charge in [-0.05, 0) is 63.9 Å². The number of rotatable bonds is 4. The maximum absolute atomic E-state index is 12.6. The molecule has 0 aliphatic heterocycles. The zero-order valence-electron chi connectivity index (χ0n) is 17.1. The molecule has 0 bridgehead atoms. The summed E-state index contributed by atoms with van der Waals surface area (Å²) < 4.78 is 3.99. The van der Waals surface area contributed by atoms with Crippen molar-refractivity contribution in [3.05, 3.63) is 75.3 Å². The number of imidazole rings is 1. The third kappa shape index (κ3) is 3.38. The third-order valence-electron chi connectivity index (χ3n) is 5.24. The Kier molecular flexibility index (Phi) is 4.84. The number of aryl methyl sites for hydroxylation is 4. The molecule has 1 N–H and O–H groups in total. The van der Waals surface area contributed by atoms with Crippen LogP contribution in [0, 0.1) is 34.6 Å². The lowest BCUT2D eigenvalue weighted by molar-refractivity contribution is 0.0948. The van der Waals surface area contributed by atoms with E-state index >= 15 is 0 Å². The van der Waals surface area contributed by atoms with E-state index in [1.807, 2.05) is 18.5 Å². The van der Waals surface area contributed by atoms with Gasteiger partial charge >= 0.3 is 0 Å². The van der Waals surface area contributed by atoms with Crippen LogP contribution in [0.4, 0.5) is 0 Å². The molecule has 0 saturated heterocycles. The predicted molar refractivity (Wildman–Crippen MR) is 118 cm³/mol. The van der Waals surface area contributed by atoms with Crippen molar-refractivity contribution in [2.24, 2.45) is 5.10 Å². The average molecular weight is 406 g/mol. The van der Waals surface area contributed by atoms with E-state index in [9.17, 15) is 4.79 Å². The molecule has 0 spiro atoms. The van der Waals surface area contributed by atoms with Crippen molar-refractivity contribution < 1.29 is 4.79 Å². The molecule has 0 fully saturated rings. The zero-order chi connectivity index (χ0) is 20.7. The molecule has 6 nitrogen and oxygen atoms in total. The fourth-order valence-corrected chi connectivity index (χ4v) is 4.32. The number of carbonyl (C=O) groups is 1. The van der Waals surface area contributed by atoms with Crippen molar-refractivity contribution in [3.63, 3.8) is 0 Å². The van der Waals surface area contributed by atoms with Gasteiger partial charge in [-0.3, -0.25) is 9.20 Å². The summed E-state index contributed by atoms with van der Waals surface area (Å²) >= 11 is 1.50. The van der Waals surface area contributed by atoms with Crippen molar-refractivity contribution in [3.8, 4) is 5.69 Å². The largest absolute Gasteiger partial charge is 0.318 e. The molecule has 3 aromatic heterocycles. The van der Waals surface area contributed by atoms with E-state index in [-0.39, 0.29) is 5.91 Å². The molecule has 4 aromatic rings. The van der Waals surface area contributed by atoms with Crippen LogP contribution in [0.25, 0.3) is 10.6 Å². The van der Waals surface area contributed by atoms with E-state index in [2.05, 4.69) is 72.0 Å². The fraction of sp³-hybridized carbons (Fsp3) is 0.227. The number of thiazole rings is 1. The highest BCUT2D eigenvalue weighted by molar-refractivity contribution is 7.15. The lowest BCUT2D eigenvalue weighted by Crippen LogP contribution is -2.20. The van der Waals surface area contributed by atoms with Crippen molar-refractivity contribution in [1.82, 2.24) is 19.4 Å². The standard InChI is InChI=1S/C22H23N5OS/c1-13-6-7-19(10-14(13)2)27-15(3)11-18(17(27)5)12-23-25-21(28)20-16(4)24-22-26(20)8-9-29-22/h6-12H,1-5H3,(H,25,28)/b23-12-. The number of hydrazone groups is 1. The smallest absolute Gasteiger partial charge is 0.290 e. The summed E-state index contributed by atoms with van der Waals surface area (Å²) in [4.78, 5) is 17.8. The second-order valence-electron chi connectivity index (χ2n) is 7.23. The summed E-state index contributed by atoms with van der Waals surface area (Å²) in [7, 11) is 0. The van der Waals surface area contributed by atoms with E-state index in [1.165, 1.54) is 22.5 Å². The minimum atomic E-state index is -0.271. The van der Waals surface area contributed by atoms with Gasteiger partial charge in [-0.25, -0.2) is 10.4 Å². The second kappa shape index (κ2) is 7.33. The maximum Gasteiger partial charge on any atom is 0.290 e. The van der Waals surface area contributed by atoms with Gasteiger partial charge in [0, 0.05) is 34.2 Å². The van der Waals surface area contributed by atoms with Crippen LogP contribution in [0.2, 0.25) is 0 Å². The SMILES string of the molecule is Cc1ccc(-n2c(C)cc(/C=N\NC(=O)c3c(C)nc4sccn34)c2C)cc1C. The van der Waals surface area contributed by atoms with E-state index < -0.39 is 0 Å². The Bertz CT molecular complexity index is 1260. The Balaban J connectivity index is 1.58. The molecule has 0 unspecified atom stereocenters. The van der Waals surface area contributed by atoms with Crippen molar-refractivity contribution >= 4 is 28.4 Å². The van der Waals surface area contributed by atoms with Crippen LogP contribution in [-0.4, -0.2) is 26.1 Å². The van der Waals surface area contributed by atoms with Crippen LogP contribution in [0.3, 0.4) is 0 Å². The van der Waals surface area contributed by atoms with E-state index in [0.717, 1.165) is 27.6 Å².